The van der Waals surface area contributed by atoms with Crippen molar-refractivity contribution < 1.29 is 4.74 Å². The van der Waals surface area contributed by atoms with Crippen LogP contribution in [-0.4, -0.2) is 12.1 Å². The Morgan fingerprint density at radius 1 is 1.26 bits per heavy atom. The molecule has 0 unspecified atom stereocenters. The number of pyridine rings is 1. The average Bonchev–Trinajstić information content (AvgIpc) is 2.42. The summed E-state index contributed by atoms with van der Waals surface area (Å²) in [6.07, 6.45) is 5.08. The second kappa shape index (κ2) is 6.76. The monoisotopic (exact) mass is 273 g/mol. The fourth-order valence-corrected chi connectivity index (χ4v) is 1.51. The normalized spacial score (nSPS) is 10.2. The summed E-state index contributed by atoms with van der Waals surface area (Å²) in [4.78, 5) is 4.30. The van der Waals surface area contributed by atoms with Crippen LogP contribution in [0.15, 0.2) is 61.2 Å². The maximum absolute atomic E-state index is 5.67. The first-order valence-electron chi connectivity index (χ1n) is 5.58. The number of aromatic nitrogens is 1. The molecule has 0 aliphatic heterocycles. The molecule has 0 atom stereocenters. The quantitative estimate of drug-likeness (QED) is 0.706. The van der Waals surface area contributed by atoms with Crippen LogP contribution in [0.2, 0.25) is 0 Å². The molecule has 0 saturated carbocycles. The van der Waals surface area contributed by atoms with Crippen LogP contribution in [0.5, 0.6) is 5.88 Å². The lowest BCUT2D eigenvalue weighted by Gasteiger charge is -2.10. The van der Waals surface area contributed by atoms with Crippen molar-refractivity contribution in [3.63, 3.8) is 0 Å². The highest BCUT2D eigenvalue weighted by atomic mass is 35.5. The lowest BCUT2D eigenvalue weighted by atomic mass is 9.99. The smallest absolute Gasteiger partial charge is 0.213 e. The highest BCUT2D eigenvalue weighted by molar-refractivity contribution is 6.30. The van der Waals surface area contributed by atoms with E-state index in [9.17, 15) is 0 Å². The molecule has 0 fully saturated rings. The molecular weight excluding hydrogens is 258 g/mol. The highest BCUT2D eigenvalue weighted by Gasteiger charge is 2.08. The fraction of sp³-hybridized carbons (Fsp3) is 0.0625. The molecule has 1 aromatic heterocycles. The molecule has 2 nitrogen and oxygen atoms in total. The van der Waals surface area contributed by atoms with E-state index in [2.05, 4.69) is 31.3 Å². The summed E-state index contributed by atoms with van der Waals surface area (Å²) in [5.74, 6) is 0.529. The van der Waals surface area contributed by atoms with Gasteiger partial charge in [0, 0.05) is 16.7 Å². The third-order valence-corrected chi connectivity index (χ3v) is 2.61. The lowest BCUT2D eigenvalue weighted by molar-refractivity contribution is 0.397. The van der Waals surface area contributed by atoms with E-state index < -0.39 is 0 Å². The van der Waals surface area contributed by atoms with Crippen molar-refractivity contribution in [1.29, 1.82) is 0 Å². The van der Waals surface area contributed by atoms with Crippen LogP contribution in [0.3, 0.4) is 0 Å². The Bertz CT molecular complexity index is 570. The van der Waals surface area contributed by atoms with E-state index >= 15 is 0 Å². The number of hydrogen-bond acceptors (Lipinski definition) is 2. The van der Waals surface area contributed by atoms with E-state index in [1.54, 1.807) is 31.4 Å². The second-order valence-electron chi connectivity index (χ2n) is 3.77. The number of hydrogen-bond donors (Lipinski definition) is 0. The molecule has 1 aromatic rings. The molecule has 0 saturated heterocycles. The fourth-order valence-electron chi connectivity index (χ4n) is 1.45. The van der Waals surface area contributed by atoms with Gasteiger partial charge in [-0.15, -0.1) is 0 Å². The van der Waals surface area contributed by atoms with E-state index in [0.717, 1.165) is 16.7 Å². The van der Waals surface area contributed by atoms with Crippen molar-refractivity contribution in [2.24, 2.45) is 0 Å². The zero-order valence-corrected chi connectivity index (χ0v) is 11.7. The van der Waals surface area contributed by atoms with Crippen molar-refractivity contribution in [3.8, 4) is 5.88 Å². The van der Waals surface area contributed by atoms with Gasteiger partial charge in [0.25, 0.3) is 0 Å². The predicted octanol–water partition coefficient (Wildman–Crippen LogP) is 4.61. The van der Waals surface area contributed by atoms with Gasteiger partial charge in [0.1, 0.15) is 0 Å². The van der Waals surface area contributed by atoms with Gasteiger partial charge in [-0.25, -0.2) is 4.98 Å². The van der Waals surface area contributed by atoms with Gasteiger partial charge in [-0.1, -0.05) is 44.0 Å². The van der Waals surface area contributed by atoms with Crippen molar-refractivity contribution >= 4 is 23.3 Å². The number of rotatable bonds is 6. The Morgan fingerprint density at radius 2 is 1.95 bits per heavy atom. The summed E-state index contributed by atoms with van der Waals surface area (Å²) in [5.41, 5.74) is 3.03. The van der Waals surface area contributed by atoms with E-state index in [1.807, 2.05) is 6.07 Å². The first-order chi connectivity index (χ1) is 8.99. The summed E-state index contributed by atoms with van der Waals surface area (Å²) >= 11 is 5.67. The van der Waals surface area contributed by atoms with Crippen LogP contribution >= 0.6 is 11.6 Å². The van der Waals surface area contributed by atoms with E-state index in [4.69, 9.17) is 16.3 Å². The molecule has 0 amide bonds. The summed E-state index contributed by atoms with van der Waals surface area (Å²) in [5, 5.41) is 0.436. The predicted molar refractivity (Wildman–Crippen MR) is 83.2 cm³/mol. The van der Waals surface area contributed by atoms with Crippen LogP contribution in [0.4, 0.5) is 0 Å². The third kappa shape index (κ3) is 3.97. The SMILES string of the molecule is C=Cc1nc(OC)ccc1C(=C)C(=C)C=CC(=C)Cl. The largest absolute Gasteiger partial charge is 0.481 e. The summed E-state index contributed by atoms with van der Waals surface area (Å²) in [7, 11) is 1.57. The van der Waals surface area contributed by atoms with Gasteiger partial charge in [0.05, 0.1) is 12.8 Å². The molecule has 0 spiro atoms. The van der Waals surface area contributed by atoms with Crippen molar-refractivity contribution in [2.45, 2.75) is 0 Å². The average molecular weight is 274 g/mol. The molecule has 0 aromatic carbocycles. The zero-order chi connectivity index (χ0) is 14.4. The maximum Gasteiger partial charge on any atom is 0.213 e. The number of halogens is 1. The Balaban J connectivity index is 3.09. The Labute approximate surface area is 119 Å². The van der Waals surface area contributed by atoms with Gasteiger partial charge in [-0.2, -0.15) is 0 Å². The highest BCUT2D eigenvalue weighted by Crippen LogP contribution is 2.26. The number of ether oxygens (including phenoxy) is 1. The van der Waals surface area contributed by atoms with Gasteiger partial charge in [0.2, 0.25) is 5.88 Å². The van der Waals surface area contributed by atoms with E-state index in [1.165, 1.54) is 0 Å². The first kappa shape index (κ1) is 15.0. The van der Waals surface area contributed by atoms with Gasteiger partial charge >= 0.3 is 0 Å². The minimum atomic E-state index is 0.436. The van der Waals surface area contributed by atoms with Gasteiger partial charge < -0.3 is 4.74 Å². The Kier molecular flexibility index (Phi) is 5.34. The Morgan fingerprint density at radius 3 is 2.47 bits per heavy atom. The zero-order valence-electron chi connectivity index (χ0n) is 10.9. The van der Waals surface area contributed by atoms with Crippen molar-refractivity contribution in [2.75, 3.05) is 7.11 Å². The summed E-state index contributed by atoms with van der Waals surface area (Å²) in [6.45, 7) is 15.3. The van der Waals surface area contributed by atoms with Gasteiger partial charge in [-0.05, 0) is 29.4 Å². The van der Waals surface area contributed by atoms with Crippen molar-refractivity contribution in [1.82, 2.24) is 4.98 Å². The van der Waals surface area contributed by atoms with Gasteiger partial charge in [-0.3, -0.25) is 0 Å². The minimum absolute atomic E-state index is 0.436. The molecule has 0 aliphatic carbocycles. The number of nitrogens with zero attached hydrogens (tertiary/aromatic N) is 1. The maximum atomic E-state index is 5.67. The molecular formula is C16H16ClNO. The molecule has 1 heterocycles. The molecule has 0 bridgehead atoms. The molecule has 19 heavy (non-hydrogen) atoms. The van der Waals surface area contributed by atoms with Gasteiger partial charge in [0.15, 0.2) is 0 Å². The standard InChI is InChI=1S/C16H16ClNO/c1-6-15-14(9-10-16(18-15)19-5)13(4)11(2)7-8-12(3)17/h6-10H,1-4H2,5H3. The third-order valence-electron chi connectivity index (χ3n) is 2.48. The van der Waals surface area contributed by atoms with Crippen LogP contribution in [-0.2, 0) is 0 Å². The lowest BCUT2D eigenvalue weighted by Crippen LogP contribution is -1.95. The Hall–Kier alpha value is -2.06. The molecule has 0 N–H and O–H groups in total. The van der Waals surface area contributed by atoms with Crippen LogP contribution in [0, 0.1) is 0 Å². The molecule has 98 valence electrons. The molecule has 0 aliphatic rings. The number of allylic oxidation sites excluding steroid dienone is 5. The van der Waals surface area contributed by atoms with Crippen LogP contribution in [0.25, 0.3) is 11.6 Å². The minimum Gasteiger partial charge on any atom is -0.481 e. The van der Waals surface area contributed by atoms with Crippen LogP contribution < -0.4 is 4.74 Å². The van der Waals surface area contributed by atoms with Crippen LogP contribution in [0.1, 0.15) is 11.3 Å². The summed E-state index contributed by atoms with van der Waals surface area (Å²) in [6, 6.07) is 3.64. The summed E-state index contributed by atoms with van der Waals surface area (Å²) < 4.78 is 5.08. The van der Waals surface area contributed by atoms with Crippen molar-refractivity contribution in [3.05, 3.63) is 72.5 Å². The number of methoxy groups -OCH3 is 1. The second-order valence-corrected chi connectivity index (χ2v) is 4.26. The molecule has 1 rings (SSSR count). The van der Waals surface area contributed by atoms with E-state index in [0.29, 0.717) is 16.6 Å². The van der Waals surface area contributed by atoms with E-state index in [-0.39, 0.29) is 0 Å². The topological polar surface area (TPSA) is 22.1 Å². The molecule has 3 heteroatoms. The molecule has 0 radical (unpaired) electrons. The first-order valence-corrected chi connectivity index (χ1v) is 5.96.